The summed E-state index contributed by atoms with van der Waals surface area (Å²) in [7, 11) is 1.61. The Bertz CT molecular complexity index is 392. The van der Waals surface area contributed by atoms with Gasteiger partial charge in [0.05, 0.1) is 0 Å². The predicted molar refractivity (Wildman–Crippen MR) is 63.0 cm³/mol. The minimum absolute atomic E-state index is 0.362. The smallest absolute Gasteiger partial charge is 0.158 e. The van der Waals surface area contributed by atoms with E-state index in [0.29, 0.717) is 29.7 Å². The fraction of sp³-hybridized carbons (Fsp3) is 0.636. The highest BCUT2D eigenvalue weighted by atomic mass is 16.5. The zero-order valence-electron chi connectivity index (χ0n) is 9.95. The van der Waals surface area contributed by atoms with Gasteiger partial charge in [0, 0.05) is 19.2 Å². The summed E-state index contributed by atoms with van der Waals surface area (Å²) >= 11 is 0. The topological polar surface area (TPSA) is 73.1 Å². The van der Waals surface area contributed by atoms with Crippen molar-refractivity contribution in [3.8, 4) is 0 Å². The number of anilines is 2. The van der Waals surface area contributed by atoms with Crippen LogP contribution in [0.15, 0.2) is 6.07 Å². The summed E-state index contributed by atoms with van der Waals surface area (Å²) in [6, 6.07) is 2.24. The number of aromatic nitrogens is 2. The van der Waals surface area contributed by atoms with Crippen molar-refractivity contribution in [2.75, 3.05) is 18.2 Å². The molecule has 0 bridgehead atoms. The summed E-state index contributed by atoms with van der Waals surface area (Å²) in [5, 5.41) is 3.36. The molecule has 1 aliphatic carbocycles. The molecule has 0 amide bonds. The summed E-state index contributed by atoms with van der Waals surface area (Å²) in [5.41, 5.74) is 6.07. The van der Waals surface area contributed by atoms with Crippen LogP contribution >= 0.6 is 0 Å². The average Bonchev–Trinajstić information content (AvgIpc) is 2.72. The van der Waals surface area contributed by atoms with Gasteiger partial charge < -0.3 is 15.8 Å². The van der Waals surface area contributed by atoms with E-state index in [1.54, 1.807) is 13.2 Å². The zero-order chi connectivity index (χ0) is 11.8. The first-order chi connectivity index (χ1) is 7.51. The molecule has 0 aliphatic heterocycles. The third kappa shape index (κ3) is 2.41. The Morgan fingerprint density at radius 2 is 2.25 bits per heavy atom. The molecule has 16 heavy (non-hydrogen) atoms. The van der Waals surface area contributed by atoms with Crippen LogP contribution in [0.2, 0.25) is 0 Å². The molecule has 1 aromatic rings. The number of nitrogens with one attached hydrogen (secondary N) is 1. The molecule has 1 unspecified atom stereocenters. The molecule has 1 heterocycles. The predicted octanol–water partition coefficient (Wildman–Crippen LogP) is 1.42. The number of hydrogen-bond donors (Lipinski definition) is 2. The van der Waals surface area contributed by atoms with Gasteiger partial charge in [0.25, 0.3) is 0 Å². The maximum Gasteiger partial charge on any atom is 0.158 e. The lowest BCUT2D eigenvalue weighted by atomic mass is 10.2. The largest absolute Gasteiger partial charge is 0.384 e. The molecular formula is C11H18N4O. The number of nitrogens with zero attached hydrogens (tertiary/aromatic N) is 2. The summed E-state index contributed by atoms with van der Waals surface area (Å²) in [4.78, 5) is 8.43. The first-order valence-electron chi connectivity index (χ1n) is 5.40. The number of ether oxygens (including phenoxy) is 1. The van der Waals surface area contributed by atoms with Crippen molar-refractivity contribution in [1.29, 1.82) is 0 Å². The molecule has 0 radical (unpaired) electrons. The maximum atomic E-state index is 5.71. The van der Waals surface area contributed by atoms with E-state index in [0.717, 1.165) is 12.2 Å². The van der Waals surface area contributed by atoms with Gasteiger partial charge in [-0.2, -0.15) is 0 Å². The van der Waals surface area contributed by atoms with Gasteiger partial charge >= 0.3 is 0 Å². The number of methoxy groups -OCH3 is 1. The van der Waals surface area contributed by atoms with Gasteiger partial charge in [-0.25, -0.2) is 9.97 Å². The summed E-state index contributed by atoms with van der Waals surface area (Å²) in [5.74, 6) is 1.88. The third-order valence-electron chi connectivity index (χ3n) is 2.90. The van der Waals surface area contributed by atoms with Crippen LogP contribution < -0.4 is 11.1 Å². The van der Waals surface area contributed by atoms with Gasteiger partial charge in [-0.1, -0.05) is 13.8 Å². The molecule has 2 rings (SSSR count). The van der Waals surface area contributed by atoms with Gasteiger partial charge in [-0.3, -0.25) is 0 Å². The highest BCUT2D eigenvalue weighted by molar-refractivity contribution is 5.46. The molecule has 5 nitrogen and oxygen atoms in total. The fourth-order valence-electron chi connectivity index (χ4n) is 1.68. The quantitative estimate of drug-likeness (QED) is 0.806. The van der Waals surface area contributed by atoms with Crippen LogP contribution in [0.1, 0.15) is 26.1 Å². The molecule has 0 spiro atoms. The first kappa shape index (κ1) is 11.1. The van der Waals surface area contributed by atoms with Crippen molar-refractivity contribution in [2.24, 2.45) is 5.41 Å². The number of hydrogen-bond acceptors (Lipinski definition) is 5. The summed E-state index contributed by atoms with van der Waals surface area (Å²) in [6.45, 7) is 4.84. The molecule has 1 fully saturated rings. The Balaban J connectivity index is 2.09. The van der Waals surface area contributed by atoms with Gasteiger partial charge in [-0.05, 0) is 11.8 Å². The van der Waals surface area contributed by atoms with E-state index >= 15 is 0 Å². The van der Waals surface area contributed by atoms with Gasteiger partial charge in [-0.15, -0.1) is 0 Å². The lowest BCUT2D eigenvalue weighted by Gasteiger charge is -2.09. The molecule has 1 atom stereocenters. The summed E-state index contributed by atoms with van der Waals surface area (Å²) in [6.07, 6.45) is 1.16. The zero-order valence-corrected chi connectivity index (χ0v) is 9.95. The van der Waals surface area contributed by atoms with Crippen LogP contribution in [0, 0.1) is 5.41 Å². The molecule has 88 valence electrons. The van der Waals surface area contributed by atoms with Gasteiger partial charge in [0.2, 0.25) is 0 Å². The molecular weight excluding hydrogens is 204 g/mol. The Morgan fingerprint density at radius 1 is 1.56 bits per heavy atom. The van der Waals surface area contributed by atoms with Crippen LogP contribution in [0.4, 0.5) is 11.6 Å². The van der Waals surface area contributed by atoms with E-state index in [1.807, 2.05) is 0 Å². The van der Waals surface area contributed by atoms with Crippen molar-refractivity contribution in [3.63, 3.8) is 0 Å². The van der Waals surface area contributed by atoms with E-state index in [-0.39, 0.29) is 0 Å². The Hall–Kier alpha value is -1.36. The second-order valence-electron chi connectivity index (χ2n) is 4.92. The van der Waals surface area contributed by atoms with Crippen LogP contribution in [0.3, 0.4) is 0 Å². The second-order valence-corrected chi connectivity index (χ2v) is 4.92. The van der Waals surface area contributed by atoms with Crippen molar-refractivity contribution in [3.05, 3.63) is 11.9 Å². The first-order valence-corrected chi connectivity index (χ1v) is 5.40. The monoisotopic (exact) mass is 222 g/mol. The van der Waals surface area contributed by atoms with E-state index in [4.69, 9.17) is 10.5 Å². The number of nitrogens with two attached hydrogens (primary N) is 1. The molecule has 0 aromatic carbocycles. The highest BCUT2D eigenvalue weighted by Crippen LogP contribution is 2.46. The molecule has 1 aromatic heterocycles. The van der Waals surface area contributed by atoms with Crippen LogP contribution in [0.25, 0.3) is 0 Å². The Morgan fingerprint density at radius 3 is 2.81 bits per heavy atom. The molecule has 5 heteroatoms. The van der Waals surface area contributed by atoms with E-state index < -0.39 is 0 Å². The van der Waals surface area contributed by atoms with Gasteiger partial charge in [0.1, 0.15) is 18.2 Å². The molecule has 1 saturated carbocycles. The summed E-state index contributed by atoms with van der Waals surface area (Å²) < 4.78 is 4.99. The lowest BCUT2D eigenvalue weighted by Crippen LogP contribution is -2.12. The van der Waals surface area contributed by atoms with Crippen LogP contribution in [-0.2, 0) is 11.3 Å². The Kier molecular flexibility index (Phi) is 2.71. The third-order valence-corrected chi connectivity index (χ3v) is 2.90. The van der Waals surface area contributed by atoms with Crippen molar-refractivity contribution in [2.45, 2.75) is 32.9 Å². The van der Waals surface area contributed by atoms with Crippen molar-refractivity contribution < 1.29 is 4.74 Å². The lowest BCUT2D eigenvalue weighted by molar-refractivity contribution is 0.178. The molecule has 0 saturated heterocycles. The van der Waals surface area contributed by atoms with Gasteiger partial charge in [0.15, 0.2) is 5.82 Å². The number of nitrogen functional groups attached to an aromatic ring is 1. The number of rotatable bonds is 4. The fourth-order valence-corrected chi connectivity index (χ4v) is 1.68. The standard InChI is InChI=1S/C11H18N4O/c1-11(2)5-7(11)13-9-4-8(12)14-10(15-9)6-16-3/h4,7H,5-6H2,1-3H3,(H3,12,13,14,15). The maximum absolute atomic E-state index is 5.71. The Labute approximate surface area is 95.4 Å². The minimum atomic E-state index is 0.362. The normalized spacial score (nSPS) is 21.8. The van der Waals surface area contributed by atoms with Crippen LogP contribution in [-0.4, -0.2) is 23.1 Å². The van der Waals surface area contributed by atoms with Crippen molar-refractivity contribution in [1.82, 2.24) is 9.97 Å². The molecule has 1 aliphatic rings. The SMILES string of the molecule is COCc1nc(N)cc(NC2CC2(C)C)n1. The molecule has 3 N–H and O–H groups in total. The second kappa shape index (κ2) is 3.90. The van der Waals surface area contributed by atoms with E-state index in [2.05, 4.69) is 29.1 Å². The van der Waals surface area contributed by atoms with E-state index in [1.165, 1.54) is 0 Å². The van der Waals surface area contributed by atoms with Crippen LogP contribution in [0.5, 0.6) is 0 Å². The minimum Gasteiger partial charge on any atom is -0.384 e. The highest BCUT2D eigenvalue weighted by Gasteiger charge is 2.45. The average molecular weight is 222 g/mol. The van der Waals surface area contributed by atoms with E-state index in [9.17, 15) is 0 Å². The van der Waals surface area contributed by atoms with Crippen molar-refractivity contribution >= 4 is 11.6 Å².